The van der Waals surface area contributed by atoms with E-state index in [1.54, 1.807) is 6.34 Å². The Morgan fingerprint density at radius 2 is 2.75 bits per heavy atom. The van der Waals surface area contributed by atoms with Gasteiger partial charge in [0.1, 0.15) is 0 Å². The summed E-state index contributed by atoms with van der Waals surface area (Å²) in [6.45, 7) is 4.64. The summed E-state index contributed by atoms with van der Waals surface area (Å²) in [6, 6.07) is 0. The second-order valence-electron chi connectivity index (χ2n) is 1.70. The molecule has 1 aliphatic rings. The van der Waals surface area contributed by atoms with Crippen LogP contribution in [-0.2, 0) is 0 Å². The molecule has 2 heteroatoms. The highest BCUT2D eigenvalue weighted by Gasteiger charge is 1.93. The first-order valence-electron chi connectivity index (χ1n) is 2.65. The molecule has 0 saturated heterocycles. The minimum Gasteiger partial charge on any atom is -0.372 e. The highest BCUT2D eigenvalue weighted by Crippen LogP contribution is 1.99. The van der Waals surface area contributed by atoms with Crippen LogP contribution in [0, 0.1) is 6.92 Å². The maximum absolute atomic E-state index is 3.89. The van der Waals surface area contributed by atoms with Gasteiger partial charge in [0, 0.05) is 12.7 Å². The van der Waals surface area contributed by atoms with E-state index < -0.39 is 0 Å². The van der Waals surface area contributed by atoms with Crippen molar-refractivity contribution >= 4 is 6.34 Å². The molecule has 2 nitrogen and oxygen atoms in total. The first-order valence-corrected chi connectivity index (χ1v) is 2.65. The van der Waals surface area contributed by atoms with Crippen LogP contribution >= 0.6 is 0 Å². The van der Waals surface area contributed by atoms with Gasteiger partial charge in [0.15, 0.2) is 0 Å². The summed E-state index contributed by atoms with van der Waals surface area (Å²) in [6.07, 6.45) is 4.40. The number of hydrogen-bond acceptors (Lipinski definition) is 2. The fourth-order valence-electron chi connectivity index (χ4n) is 0.571. The summed E-state index contributed by atoms with van der Waals surface area (Å²) in [5.74, 6) is 0. The minimum atomic E-state index is 0.852. The Bertz CT molecular complexity index is 124. The quantitative estimate of drug-likeness (QED) is 0.527. The van der Waals surface area contributed by atoms with Crippen LogP contribution in [0.2, 0.25) is 0 Å². The van der Waals surface area contributed by atoms with Gasteiger partial charge >= 0.3 is 0 Å². The molecule has 1 radical (unpaired) electrons. The van der Waals surface area contributed by atoms with E-state index in [9.17, 15) is 0 Å². The SMILES string of the molecule is [CH2]CC1=CN=CNC1. The highest BCUT2D eigenvalue weighted by atomic mass is 14.9. The summed E-state index contributed by atoms with van der Waals surface area (Å²) < 4.78 is 0. The lowest BCUT2D eigenvalue weighted by Crippen LogP contribution is -2.17. The van der Waals surface area contributed by atoms with Crippen molar-refractivity contribution in [1.29, 1.82) is 0 Å². The maximum Gasteiger partial charge on any atom is 0.0881 e. The fraction of sp³-hybridized carbons (Fsp3) is 0.333. The molecular weight excluding hydrogens is 100 g/mol. The Balaban J connectivity index is 2.50. The van der Waals surface area contributed by atoms with E-state index in [0.717, 1.165) is 13.0 Å². The van der Waals surface area contributed by atoms with Crippen LogP contribution in [0.1, 0.15) is 6.42 Å². The molecule has 0 atom stereocenters. The molecule has 8 heavy (non-hydrogen) atoms. The Kier molecular flexibility index (Phi) is 1.67. The lowest BCUT2D eigenvalue weighted by molar-refractivity contribution is 0.937. The van der Waals surface area contributed by atoms with Gasteiger partial charge in [-0.15, -0.1) is 0 Å². The molecule has 43 valence electrons. The number of aliphatic imine (C=N–C) groups is 1. The maximum atomic E-state index is 3.89. The van der Waals surface area contributed by atoms with E-state index in [0.29, 0.717) is 0 Å². The predicted octanol–water partition coefficient (Wildman–Crippen LogP) is 0.726. The third kappa shape index (κ3) is 1.09. The molecule has 0 unspecified atom stereocenters. The van der Waals surface area contributed by atoms with E-state index in [2.05, 4.69) is 17.2 Å². The molecule has 0 spiro atoms. The lowest BCUT2D eigenvalue weighted by Gasteiger charge is -2.05. The zero-order valence-corrected chi connectivity index (χ0v) is 4.72. The molecule has 0 aromatic heterocycles. The topological polar surface area (TPSA) is 24.4 Å². The Hall–Kier alpha value is -0.790. The smallest absolute Gasteiger partial charge is 0.0881 e. The van der Waals surface area contributed by atoms with Crippen molar-refractivity contribution < 1.29 is 0 Å². The molecule has 0 bridgehead atoms. The van der Waals surface area contributed by atoms with Crippen LogP contribution in [0.25, 0.3) is 0 Å². The molecule has 0 aromatic carbocycles. The van der Waals surface area contributed by atoms with Gasteiger partial charge in [-0.25, -0.2) is 4.99 Å². The van der Waals surface area contributed by atoms with E-state index >= 15 is 0 Å². The molecule has 0 aliphatic carbocycles. The van der Waals surface area contributed by atoms with Crippen LogP contribution in [0.3, 0.4) is 0 Å². The predicted molar refractivity (Wildman–Crippen MR) is 34.6 cm³/mol. The summed E-state index contributed by atoms with van der Waals surface area (Å²) in [5.41, 5.74) is 1.26. The number of nitrogens with zero attached hydrogens (tertiary/aromatic N) is 1. The van der Waals surface area contributed by atoms with Gasteiger partial charge < -0.3 is 5.32 Å². The van der Waals surface area contributed by atoms with Gasteiger partial charge in [0.25, 0.3) is 0 Å². The molecule has 0 saturated carbocycles. The first kappa shape index (κ1) is 5.35. The van der Waals surface area contributed by atoms with E-state index in [1.165, 1.54) is 5.57 Å². The molecule has 1 aliphatic heterocycles. The van der Waals surface area contributed by atoms with Crippen molar-refractivity contribution in [3.8, 4) is 0 Å². The number of nitrogens with one attached hydrogen (secondary N) is 1. The summed E-state index contributed by atoms with van der Waals surface area (Å²) >= 11 is 0. The molecule has 0 amide bonds. The van der Waals surface area contributed by atoms with Gasteiger partial charge in [-0.1, -0.05) is 0 Å². The highest BCUT2D eigenvalue weighted by molar-refractivity contribution is 5.57. The van der Waals surface area contributed by atoms with Gasteiger partial charge in [-0.3, -0.25) is 0 Å². The average molecular weight is 109 g/mol. The van der Waals surface area contributed by atoms with Gasteiger partial charge in [0.2, 0.25) is 0 Å². The van der Waals surface area contributed by atoms with Crippen LogP contribution in [0.15, 0.2) is 16.8 Å². The summed E-state index contributed by atoms with van der Waals surface area (Å²) in [5, 5.41) is 2.99. The van der Waals surface area contributed by atoms with Crippen molar-refractivity contribution in [2.75, 3.05) is 6.54 Å². The largest absolute Gasteiger partial charge is 0.372 e. The first-order chi connectivity index (χ1) is 3.93. The molecule has 1 heterocycles. The second-order valence-corrected chi connectivity index (χ2v) is 1.70. The second kappa shape index (κ2) is 2.50. The Labute approximate surface area is 49.3 Å². The van der Waals surface area contributed by atoms with E-state index in [1.807, 2.05) is 6.20 Å². The van der Waals surface area contributed by atoms with Crippen LogP contribution in [-0.4, -0.2) is 12.9 Å². The normalized spacial score (nSPS) is 17.4. The standard InChI is InChI=1S/C6H9N2/c1-2-6-3-7-5-8-4-6/h3,5H,1-2,4H2,(H,7,8). The molecule has 1 N–H and O–H groups in total. The zero-order chi connectivity index (χ0) is 5.82. The van der Waals surface area contributed by atoms with Gasteiger partial charge in [0.05, 0.1) is 6.34 Å². The van der Waals surface area contributed by atoms with Crippen LogP contribution < -0.4 is 5.32 Å². The molecule has 0 fully saturated rings. The third-order valence-corrected chi connectivity index (χ3v) is 1.07. The van der Waals surface area contributed by atoms with Crippen LogP contribution in [0.5, 0.6) is 0 Å². The minimum absolute atomic E-state index is 0.852. The zero-order valence-electron chi connectivity index (χ0n) is 4.72. The molecule has 0 aromatic rings. The monoisotopic (exact) mass is 109 g/mol. The van der Waals surface area contributed by atoms with Crippen molar-refractivity contribution in [3.63, 3.8) is 0 Å². The van der Waals surface area contributed by atoms with Crippen molar-refractivity contribution in [2.45, 2.75) is 6.42 Å². The number of rotatable bonds is 1. The fourth-order valence-corrected chi connectivity index (χ4v) is 0.571. The van der Waals surface area contributed by atoms with E-state index in [4.69, 9.17) is 0 Å². The summed E-state index contributed by atoms with van der Waals surface area (Å²) in [4.78, 5) is 3.89. The van der Waals surface area contributed by atoms with Gasteiger partial charge in [-0.2, -0.15) is 0 Å². The third-order valence-electron chi connectivity index (χ3n) is 1.07. The summed E-state index contributed by atoms with van der Waals surface area (Å²) in [7, 11) is 0. The Morgan fingerprint density at radius 3 is 3.12 bits per heavy atom. The average Bonchev–Trinajstić information content (AvgIpc) is 1.90. The number of hydrogen-bond donors (Lipinski definition) is 1. The molecule has 1 rings (SSSR count). The van der Waals surface area contributed by atoms with Crippen molar-refractivity contribution in [3.05, 3.63) is 18.7 Å². The van der Waals surface area contributed by atoms with Crippen molar-refractivity contribution in [1.82, 2.24) is 5.32 Å². The lowest BCUT2D eigenvalue weighted by atomic mass is 10.2. The molecular formula is C6H9N2. The van der Waals surface area contributed by atoms with Crippen molar-refractivity contribution in [2.24, 2.45) is 4.99 Å². The Morgan fingerprint density at radius 1 is 1.88 bits per heavy atom. The van der Waals surface area contributed by atoms with Crippen LogP contribution in [0.4, 0.5) is 0 Å². The van der Waals surface area contributed by atoms with Gasteiger partial charge in [-0.05, 0) is 18.9 Å². The van der Waals surface area contributed by atoms with E-state index in [-0.39, 0.29) is 0 Å².